The van der Waals surface area contributed by atoms with Crippen molar-refractivity contribution in [2.24, 2.45) is 0 Å². The van der Waals surface area contributed by atoms with E-state index < -0.39 is 0 Å². The normalized spacial score (nSPS) is 12.3. The molecule has 2 aromatic heterocycles. The van der Waals surface area contributed by atoms with Gasteiger partial charge in [-0.1, -0.05) is 11.2 Å². The van der Waals surface area contributed by atoms with Crippen LogP contribution in [0.15, 0.2) is 41.2 Å². The van der Waals surface area contributed by atoms with Gasteiger partial charge in [-0.05, 0) is 42.3 Å². The molecule has 4 rings (SSSR count). The Morgan fingerprint density at radius 1 is 1.21 bits per heavy atom. The minimum atomic E-state index is -0.347. The zero-order chi connectivity index (χ0) is 18.6. The summed E-state index contributed by atoms with van der Waals surface area (Å²) in [5.74, 6) is 0.155. The van der Waals surface area contributed by atoms with E-state index in [9.17, 15) is 9.18 Å². The first-order valence-corrected chi connectivity index (χ1v) is 8.74. The highest BCUT2D eigenvalue weighted by molar-refractivity contribution is 5.91. The second-order valence-corrected chi connectivity index (χ2v) is 6.29. The monoisotopic (exact) mass is 439 g/mol. The molecule has 10 heteroatoms. The molecule has 3 heterocycles. The summed E-state index contributed by atoms with van der Waals surface area (Å²) in [6.45, 7) is 1.38. The fraction of sp³-hybridized carbons (Fsp3) is 0.263. The summed E-state index contributed by atoms with van der Waals surface area (Å²) in [6, 6.07) is 7.00. The van der Waals surface area contributed by atoms with Crippen LogP contribution in [0.2, 0.25) is 0 Å². The number of carbonyl (C=O) groups excluding carboxylic acids is 1. The number of nitrogens with zero attached hydrogens (tertiary/aromatic N) is 3. The number of hydrogen-bond donors (Lipinski definition) is 2. The number of anilines is 1. The van der Waals surface area contributed by atoms with Gasteiger partial charge in [-0.2, -0.15) is 4.98 Å². The van der Waals surface area contributed by atoms with Crippen molar-refractivity contribution < 1.29 is 13.7 Å². The summed E-state index contributed by atoms with van der Waals surface area (Å²) in [7, 11) is 0. The molecule has 2 N–H and O–H groups in total. The van der Waals surface area contributed by atoms with Crippen molar-refractivity contribution in [3.8, 4) is 11.4 Å². The fourth-order valence-corrected chi connectivity index (χ4v) is 3.04. The third-order valence-corrected chi connectivity index (χ3v) is 4.45. The quantitative estimate of drug-likeness (QED) is 0.633. The van der Waals surface area contributed by atoms with Gasteiger partial charge >= 0.3 is 0 Å². The third kappa shape index (κ3) is 5.29. The van der Waals surface area contributed by atoms with Crippen molar-refractivity contribution in [1.82, 2.24) is 20.4 Å². The Morgan fingerprint density at radius 3 is 2.79 bits per heavy atom. The van der Waals surface area contributed by atoms with Crippen LogP contribution in [0, 0.1) is 5.82 Å². The standard InChI is InChI=1S/C19H18FN5O2.2ClH/c20-18-14-7-10-22-11-13(14)1-2-15(18)23-16(26)3-4-17-24-19(25-27-17)12-5-8-21-9-6-12;;/h1-2,5-6,8-9,22H,3-4,7,10-11H2,(H,23,26);2*1H. The summed E-state index contributed by atoms with van der Waals surface area (Å²) >= 11 is 0. The average Bonchev–Trinajstić information content (AvgIpc) is 3.19. The molecule has 29 heavy (non-hydrogen) atoms. The Hall–Kier alpha value is -2.55. The van der Waals surface area contributed by atoms with E-state index in [4.69, 9.17) is 4.52 Å². The van der Waals surface area contributed by atoms with Crippen LogP contribution in [0.25, 0.3) is 11.4 Å². The van der Waals surface area contributed by atoms with Crippen molar-refractivity contribution >= 4 is 36.4 Å². The molecule has 0 saturated heterocycles. The highest BCUT2D eigenvalue weighted by Crippen LogP contribution is 2.24. The van der Waals surface area contributed by atoms with E-state index >= 15 is 0 Å². The molecule has 1 aromatic carbocycles. The maximum atomic E-state index is 14.6. The van der Waals surface area contributed by atoms with Gasteiger partial charge in [-0.3, -0.25) is 9.78 Å². The van der Waals surface area contributed by atoms with Gasteiger partial charge in [-0.25, -0.2) is 4.39 Å². The lowest BCUT2D eigenvalue weighted by atomic mass is 9.99. The smallest absolute Gasteiger partial charge is 0.227 e. The van der Waals surface area contributed by atoms with E-state index in [0.717, 1.165) is 17.7 Å². The van der Waals surface area contributed by atoms with E-state index in [-0.39, 0.29) is 55.1 Å². The lowest BCUT2D eigenvalue weighted by molar-refractivity contribution is -0.116. The Kier molecular flexibility index (Phi) is 8.07. The highest BCUT2D eigenvalue weighted by atomic mass is 35.5. The van der Waals surface area contributed by atoms with Crippen molar-refractivity contribution in [3.63, 3.8) is 0 Å². The first-order valence-electron chi connectivity index (χ1n) is 8.74. The Labute approximate surface area is 179 Å². The lowest BCUT2D eigenvalue weighted by Gasteiger charge is -2.19. The number of aryl methyl sites for hydroxylation is 1. The van der Waals surface area contributed by atoms with Crippen molar-refractivity contribution in [1.29, 1.82) is 0 Å². The molecular formula is C19H20Cl2FN5O2. The van der Waals surface area contributed by atoms with Crippen LogP contribution in [-0.2, 0) is 24.2 Å². The third-order valence-electron chi connectivity index (χ3n) is 4.45. The molecule has 0 bridgehead atoms. The summed E-state index contributed by atoms with van der Waals surface area (Å²) in [4.78, 5) is 20.4. The van der Waals surface area contributed by atoms with Crippen LogP contribution in [-0.4, -0.2) is 27.6 Å². The largest absolute Gasteiger partial charge is 0.339 e. The summed E-state index contributed by atoms with van der Waals surface area (Å²) in [5, 5.41) is 9.74. The number of benzene rings is 1. The summed E-state index contributed by atoms with van der Waals surface area (Å²) in [6.07, 6.45) is 4.30. The molecule has 0 spiro atoms. The molecule has 0 unspecified atom stereocenters. The first kappa shape index (κ1) is 22.7. The Morgan fingerprint density at radius 2 is 2.00 bits per heavy atom. The number of fused-ring (bicyclic) bond motifs is 1. The molecule has 0 radical (unpaired) electrons. The zero-order valence-corrected chi connectivity index (χ0v) is 17.0. The Bertz CT molecular complexity index is 968. The number of amides is 1. The maximum Gasteiger partial charge on any atom is 0.227 e. The number of halogens is 3. The van der Waals surface area contributed by atoms with Crippen LogP contribution in [0.4, 0.5) is 10.1 Å². The maximum absolute atomic E-state index is 14.6. The van der Waals surface area contributed by atoms with Gasteiger partial charge in [0.25, 0.3) is 0 Å². The average molecular weight is 440 g/mol. The highest BCUT2D eigenvalue weighted by Gasteiger charge is 2.18. The molecule has 0 aliphatic carbocycles. The molecule has 1 amide bonds. The van der Waals surface area contributed by atoms with Gasteiger partial charge in [0.1, 0.15) is 5.82 Å². The molecule has 7 nitrogen and oxygen atoms in total. The van der Waals surface area contributed by atoms with E-state index in [1.165, 1.54) is 0 Å². The second kappa shape index (κ2) is 10.3. The van der Waals surface area contributed by atoms with E-state index in [1.54, 1.807) is 30.6 Å². The number of carbonyl (C=O) groups is 1. The number of hydrogen-bond acceptors (Lipinski definition) is 6. The zero-order valence-electron chi connectivity index (χ0n) is 15.4. The lowest BCUT2D eigenvalue weighted by Crippen LogP contribution is -2.25. The number of rotatable bonds is 5. The molecule has 1 aliphatic heterocycles. The summed E-state index contributed by atoms with van der Waals surface area (Å²) < 4.78 is 19.8. The van der Waals surface area contributed by atoms with Crippen molar-refractivity contribution in [2.75, 3.05) is 11.9 Å². The Balaban J connectivity index is 0.00000150. The van der Waals surface area contributed by atoms with Gasteiger partial charge in [0, 0.05) is 37.3 Å². The molecule has 0 atom stereocenters. The van der Waals surface area contributed by atoms with Gasteiger partial charge < -0.3 is 15.2 Å². The van der Waals surface area contributed by atoms with Gasteiger partial charge in [0.15, 0.2) is 0 Å². The van der Waals surface area contributed by atoms with Crippen molar-refractivity contribution in [2.45, 2.75) is 25.8 Å². The fourth-order valence-electron chi connectivity index (χ4n) is 3.04. The van der Waals surface area contributed by atoms with Gasteiger partial charge in [-0.15, -0.1) is 24.8 Å². The molecule has 1 aliphatic rings. The van der Waals surface area contributed by atoms with E-state index in [0.29, 0.717) is 30.2 Å². The minimum absolute atomic E-state index is 0. The molecule has 154 valence electrons. The summed E-state index contributed by atoms with van der Waals surface area (Å²) in [5.41, 5.74) is 2.61. The topological polar surface area (TPSA) is 92.9 Å². The number of aromatic nitrogens is 3. The first-order chi connectivity index (χ1) is 13.2. The molecule has 3 aromatic rings. The van der Waals surface area contributed by atoms with Gasteiger partial charge in [0.05, 0.1) is 5.69 Å². The van der Waals surface area contributed by atoms with Crippen molar-refractivity contribution in [3.05, 3.63) is 59.5 Å². The van der Waals surface area contributed by atoms with Crippen LogP contribution < -0.4 is 10.6 Å². The van der Waals surface area contributed by atoms with Crippen LogP contribution in [0.3, 0.4) is 0 Å². The van der Waals surface area contributed by atoms with Crippen LogP contribution in [0.5, 0.6) is 0 Å². The van der Waals surface area contributed by atoms with Crippen LogP contribution in [0.1, 0.15) is 23.4 Å². The minimum Gasteiger partial charge on any atom is -0.339 e. The van der Waals surface area contributed by atoms with E-state index in [2.05, 4.69) is 25.8 Å². The molecule has 0 fully saturated rings. The number of pyridine rings is 1. The molecular weight excluding hydrogens is 420 g/mol. The van der Waals surface area contributed by atoms with Crippen LogP contribution >= 0.6 is 24.8 Å². The predicted molar refractivity (Wildman–Crippen MR) is 111 cm³/mol. The number of nitrogens with one attached hydrogen (secondary N) is 2. The SMILES string of the molecule is Cl.Cl.O=C(CCc1nc(-c2ccncc2)no1)Nc1ccc2c(c1F)CCNC2. The predicted octanol–water partition coefficient (Wildman–Crippen LogP) is 3.33. The van der Waals surface area contributed by atoms with Gasteiger partial charge in [0.2, 0.25) is 17.6 Å². The second-order valence-electron chi connectivity index (χ2n) is 6.29. The van der Waals surface area contributed by atoms with E-state index in [1.807, 2.05) is 6.07 Å². The molecule has 0 saturated carbocycles.